The fourth-order valence-corrected chi connectivity index (χ4v) is 4.49. The van der Waals surface area contributed by atoms with Crippen molar-refractivity contribution in [3.63, 3.8) is 0 Å². The summed E-state index contributed by atoms with van der Waals surface area (Å²) in [7, 11) is 4.30. The number of aromatic nitrogens is 1. The normalized spacial score (nSPS) is 21.7. The van der Waals surface area contributed by atoms with E-state index in [1.165, 1.54) is 28.2 Å². The van der Waals surface area contributed by atoms with Gasteiger partial charge in [0.15, 0.2) is 0 Å². The minimum Gasteiger partial charge on any atom is -0.347 e. The van der Waals surface area contributed by atoms with E-state index < -0.39 is 0 Å². The Kier molecular flexibility index (Phi) is 3.24. The van der Waals surface area contributed by atoms with E-state index in [-0.39, 0.29) is 10.8 Å². The van der Waals surface area contributed by atoms with Crippen LogP contribution in [0, 0.1) is 0 Å². The number of allylic oxidation sites excluding steroid dienone is 2. The fraction of sp³-hybridized carbons (Fsp3) is 0.364. The lowest BCUT2D eigenvalue weighted by Crippen LogP contribution is -2.31. The fourth-order valence-electron chi connectivity index (χ4n) is 4.49. The molecule has 2 aliphatic rings. The van der Waals surface area contributed by atoms with E-state index in [9.17, 15) is 0 Å². The Morgan fingerprint density at radius 3 is 2.32 bits per heavy atom. The lowest BCUT2D eigenvalue weighted by atomic mass is 9.79. The summed E-state index contributed by atoms with van der Waals surface area (Å²) in [6, 6.07) is 12.9. The quantitative estimate of drug-likeness (QED) is 0.721. The molecule has 2 aromatic rings. The Bertz CT molecular complexity index is 932. The minimum atomic E-state index is -0.0585. The van der Waals surface area contributed by atoms with Gasteiger partial charge in [0.1, 0.15) is 11.9 Å². The van der Waals surface area contributed by atoms with Crippen molar-refractivity contribution in [1.82, 2.24) is 4.98 Å². The molecule has 0 atom stereocenters. The van der Waals surface area contributed by atoms with E-state index in [1.807, 2.05) is 12.3 Å². The van der Waals surface area contributed by atoms with Gasteiger partial charge in [-0.15, -0.1) is 0 Å². The van der Waals surface area contributed by atoms with E-state index in [0.29, 0.717) is 0 Å². The van der Waals surface area contributed by atoms with Crippen molar-refractivity contribution < 1.29 is 4.58 Å². The van der Waals surface area contributed by atoms with E-state index in [0.717, 1.165) is 5.82 Å². The molecule has 0 amide bonds. The molecule has 0 unspecified atom stereocenters. The molecular weight excluding hydrogens is 306 g/mol. The summed E-state index contributed by atoms with van der Waals surface area (Å²) >= 11 is 0. The topological polar surface area (TPSA) is 19.1 Å². The molecule has 3 heterocycles. The number of pyridine rings is 1. The van der Waals surface area contributed by atoms with E-state index in [2.05, 4.69) is 92.7 Å². The van der Waals surface area contributed by atoms with Crippen molar-refractivity contribution >= 4 is 17.2 Å². The second-order valence-electron chi connectivity index (χ2n) is 8.17. The first-order chi connectivity index (χ1) is 11.8. The highest BCUT2D eigenvalue weighted by Crippen LogP contribution is 2.48. The van der Waals surface area contributed by atoms with Gasteiger partial charge in [0, 0.05) is 29.9 Å². The number of likely N-dealkylation sites (N-methyl/N-ethyl adjacent to an activating group) is 1. The second-order valence-corrected chi connectivity index (χ2v) is 8.17. The molecule has 0 spiro atoms. The van der Waals surface area contributed by atoms with Crippen LogP contribution < -0.4 is 4.90 Å². The third kappa shape index (κ3) is 2.05. The van der Waals surface area contributed by atoms with Gasteiger partial charge in [0.05, 0.1) is 18.0 Å². The summed E-state index contributed by atoms with van der Waals surface area (Å²) in [6.07, 6.45) is 4.25. The van der Waals surface area contributed by atoms with Crippen LogP contribution in [0.3, 0.4) is 0 Å². The van der Waals surface area contributed by atoms with Crippen molar-refractivity contribution in [3.8, 4) is 0 Å². The van der Waals surface area contributed by atoms with Gasteiger partial charge >= 0.3 is 5.82 Å². The zero-order valence-corrected chi connectivity index (χ0v) is 16.0. The van der Waals surface area contributed by atoms with Gasteiger partial charge in [-0.2, -0.15) is 0 Å². The Balaban J connectivity index is 1.90. The molecule has 1 aromatic carbocycles. The van der Waals surface area contributed by atoms with Crippen LogP contribution in [0.1, 0.15) is 38.8 Å². The molecule has 0 N–H and O–H groups in total. The number of hydrogen-bond donors (Lipinski definition) is 0. The summed E-state index contributed by atoms with van der Waals surface area (Å²) < 4.78 is 2.25. The first kappa shape index (κ1) is 16.1. The molecule has 0 fully saturated rings. The standard InChI is InChI=1S/C22H26N3/c1-21(2)15-10-7-8-12-17(15)24(5)18(21)14-19-22(3,4)16-11-9-13-23-20(16)25(19)6/h7-14H,1-6H3/q+1. The lowest BCUT2D eigenvalue weighted by Gasteiger charge is -2.26. The molecule has 25 heavy (non-hydrogen) atoms. The average Bonchev–Trinajstić information content (AvgIpc) is 2.90. The first-order valence-electron chi connectivity index (χ1n) is 8.88. The smallest absolute Gasteiger partial charge is 0.327 e. The van der Waals surface area contributed by atoms with Crippen LogP contribution >= 0.6 is 0 Å². The number of fused-ring (bicyclic) bond motifs is 2. The summed E-state index contributed by atoms with van der Waals surface area (Å²) in [6.45, 7) is 9.21. The third-order valence-corrected chi connectivity index (χ3v) is 5.99. The molecule has 1 aromatic heterocycles. The Morgan fingerprint density at radius 2 is 1.64 bits per heavy atom. The Labute approximate surface area is 150 Å². The second kappa shape index (κ2) is 5.04. The molecule has 0 aliphatic carbocycles. The zero-order valence-electron chi connectivity index (χ0n) is 16.0. The highest BCUT2D eigenvalue weighted by atomic mass is 15.2. The summed E-state index contributed by atoms with van der Waals surface area (Å²) in [4.78, 5) is 6.95. The Hall–Kier alpha value is -2.42. The summed E-state index contributed by atoms with van der Waals surface area (Å²) in [5, 5.41) is 0. The number of rotatable bonds is 1. The van der Waals surface area contributed by atoms with Crippen LogP contribution in [0.5, 0.6) is 0 Å². The molecule has 3 heteroatoms. The molecule has 128 valence electrons. The van der Waals surface area contributed by atoms with Gasteiger partial charge in [-0.05, 0) is 42.6 Å². The van der Waals surface area contributed by atoms with Crippen LogP contribution in [0.15, 0.2) is 54.4 Å². The van der Waals surface area contributed by atoms with Gasteiger partial charge in [0.2, 0.25) is 0 Å². The number of anilines is 1. The zero-order chi connectivity index (χ0) is 18.0. The molecule has 0 saturated carbocycles. The van der Waals surface area contributed by atoms with E-state index >= 15 is 0 Å². The maximum Gasteiger partial charge on any atom is 0.327 e. The Morgan fingerprint density at radius 1 is 0.960 bits per heavy atom. The van der Waals surface area contributed by atoms with Gasteiger partial charge < -0.3 is 4.90 Å². The molecule has 0 bridgehead atoms. The van der Waals surface area contributed by atoms with E-state index in [4.69, 9.17) is 0 Å². The average molecular weight is 332 g/mol. The van der Waals surface area contributed by atoms with Crippen LogP contribution in [-0.2, 0) is 10.8 Å². The van der Waals surface area contributed by atoms with Crippen molar-refractivity contribution in [3.05, 3.63) is 65.5 Å². The number of hydrogen-bond acceptors (Lipinski definition) is 2. The predicted octanol–water partition coefficient (Wildman–Crippen LogP) is 4.40. The van der Waals surface area contributed by atoms with Crippen LogP contribution in [0.2, 0.25) is 0 Å². The minimum absolute atomic E-state index is 0.0164. The lowest BCUT2D eigenvalue weighted by molar-refractivity contribution is -0.406. The molecule has 3 nitrogen and oxygen atoms in total. The number of nitrogens with zero attached hydrogens (tertiary/aromatic N) is 3. The number of benzene rings is 1. The summed E-state index contributed by atoms with van der Waals surface area (Å²) in [5.74, 6) is 1.07. The molecule has 4 rings (SSSR count). The van der Waals surface area contributed by atoms with Gasteiger partial charge in [-0.1, -0.05) is 32.0 Å². The first-order valence-corrected chi connectivity index (χ1v) is 8.88. The van der Waals surface area contributed by atoms with Crippen molar-refractivity contribution in [2.45, 2.75) is 38.5 Å². The number of para-hydroxylation sites is 1. The van der Waals surface area contributed by atoms with Gasteiger partial charge in [0.25, 0.3) is 0 Å². The maximum atomic E-state index is 4.62. The van der Waals surface area contributed by atoms with Crippen LogP contribution in [0.25, 0.3) is 0 Å². The highest BCUT2D eigenvalue weighted by molar-refractivity contribution is 6.04. The highest BCUT2D eigenvalue weighted by Gasteiger charge is 2.45. The van der Waals surface area contributed by atoms with E-state index in [1.54, 1.807) is 0 Å². The molecule has 2 aliphatic heterocycles. The van der Waals surface area contributed by atoms with Gasteiger partial charge in [-0.25, -0.2) is 4.58 Å². The van der Waals surface area contributed by atoms with Gasteiger partial charge in [-0.3, -0.25) is 0 Å². The van der Waals surface area contributed by atoms with Crippen LogP contribution in [0.4, 0.5) is 11.5 Å². The van der Waals surface area contributed by atoms with Crippen molar-refractivity contribution in [1.29, 1.82) is 0 Å². The van der Waals surface area contributed by atoms with Crippen molar-refractivity contribution in [2.24, 2.45) is 0 Å². The summed E-state index contributed by atoms with van der Waals surface area (Å²) in [5.41, 5.74) is 6.53. The SMILES string of the molecule is CN1C(=CC2=[N+](C)c3ncccc3C2(C)C)C(C)(C)c2ccccc21. The molecule has 0 saturated heterocycles. The maximum absolute atomic E-state index is 4.62. The third-order valence-electron chi connectivity index (χ3n) is 5.99. The predicted molar refractivity (Wildman–Crippen MR) is 104 cm³/mol. The van der Waals surface area contributed by atoms with Crippen molar-refractivity contribution in [2.75, 3.05) is 19.0 Å². The molecular formula is C22H26N3+. The molecule has 0 radical (unpaired) electrons. The largest absolute Gasteiger partial charge is 0.347 e. The van der Waals surface area contributed by atoms with Crippen LogP contribution in [-0.4, -0.2) is 29.4 Å². The monoisotopic (exact) mass is 332 g/mol.